The highest BCUT2D eigenvalue weighted by atomic mass is 35.5. The summed E-state index contributed by atoms with van der Waals surface area (Å²) < 4.78 is 11.4. The van der Waals surface area contributed by atoms with Crippen LogP contribution in [0.4, 0.5) is 5.69 Å². The van der Waals surface area contributed by atoms with Gasteiger partial charge < -0.3 is 14.5 Å². The van der Waals surface area contributed by atoms with Crippen molar-refractivity contribution in [3.8, 4) is 0 Å². The van der Waals surface area contributed by atoms with Gasteiger partial charge in [-0.05, 0) is 24.3 Å². The summed E-state index contributed by atoms with van der Waals surface area (Å²) in [6.07, 6.45) is -0.145. The number of amides is 1. The van der Waals surface area contributed by atoms with Crippen molar-refractivity contribution in [3.05, 3.63) is 99.5 Å². The second-order valence-corrected chi connectivity index (χ2v) is 7.77. The second-order valence-electron chi connectivity index (χ2n) is 7.33. The summed E-state index contributed by atoms with van der Waals surface area (Å²) in [4.78, 5) is 49.3. The Balaban J connectivity index is 1.34. The number of hydrogen-bond donors (Lipinski definition) is 1. The largest absolute Gasteiger partial charge is 0.456 e. The number of carbonyl (C=O) groups is 3. The number of aryl methyl sites for hydroxylation is 1. The van der Waals surface area contributed by atoms with E-state index in [1.807, 2.05) is 0 Å². The average molecular weight is 479 g/mol. The van der Waals surface area contributed by atoms with Crippen molar-refractivity contribution in [2.75, 3.05) is 11.9 Å². The van der Waals surface area contributed by atoms with Crippen LogP contribution in [0, 0.1) is 0 Å². The normalized spacial score (nSPS) is 10.7. The fourth-order valence-electron chi connectivity index (χ4n) is 3.39. The molecule has 0 bridgehead atoms. The van der Waals surface area contributed by atoms with Gasteiger partial charge in [0.25, 0.3) is 5.91 Å². The number of para-hydroxylation sites is 1. The molecule has 0 fully saturated rings. The molecule has 34 heavy (non-hydrogen) atoms. The zero-order valence-corrected chi connectivity index (χ0v) is 18.6. The van der Waals surface area contributed by atoms with Crippen LogP contribution in [0.5, 0.6) is 0 Å². The molecule has 172 valence electrons. The fourth-order valence-corrected chi connectivity index (χ4v) is 3.56. The smallest absolute Gasteiger partial charge is 0.419 e. The van der Waals surface area contributed by atoms with Crippen molar-refractivity contribution in [3.63, 3.8) is 0 Å². The predicted molar refractivity (Wildman–Crippen MR) is 126 cm³/mol. The zero-order valence-electron chi connectivity index (χ0n) is 17.8. The number of nitrogens with one attached hydrogen (secondary N) is 1. The van der Waals surface area contributed by atoms with Crippen LogP contribution >= 0.6 is 11.6 Å². The van der Waals surface area contributed by atoms with E-state index in [0.29, 0.717) is 32.9 Å². The summed E-state index contributed by atoms with van der Waals surface area (Å²) in [7, 11) is 0. The molecule has 0 aliphatic rings. The number of rotatable bonds is 8. The molecular weight excluding hydrogens is 460 g/mol. The lowest BCUT2D eigenvalue weighted by Gasteiger charge is -2.11. The quantitative estimate of drug-likeness (QED) is 0.302. The van der Waals surface area contributed by atoms with Gasteiger partial charge in [0.05, 0.1) is 17.6 Å². The zero-order chi connectivity index (χ0) is 24.1. The van der Waals surface area contributed by atoms with Crippen molar-refractivity contribution in [1.29, 1.82) is 0 Å². The van der Waals surface area contributed by atoms with Gasteiger partial charge in [-0.15, -0.1) is 0 Å². The molecule has 0 radical (unpaired) electrons. The number of ether oxygens (including phenoxy) is 1. The highest BCUT2D eigenvalue weighted by Gasteiger charge is 2.16. The lowest BCUT2D eigenvalue weighted by atomic mass is 10.0. The first-order valence-electron chi connectivity index (χ1n) is 10.4. The molecule has 9 heteroatoms. The minimum atomic E-state index is -0.668. The van der Waals surface area contributed by atoms with Crippen molar-refractivity contribution >= 4 is 46.0 Å². The van der Waals surface area contributed by atoms with Crippen molar-refractivity contribution in [2.45, 2.75) is 13.0 Å². The predicted octanol–water partition coefficient (Wildman–Crippen LogP) is 4.05. The van der Waals surface area contributed by atoms with E-state index in [2.05, 4.69) is 5.32 Å². The van der Waals surface area contributed by atoms with Crippen LogP contribution in [-0.4, -0.2) is 28.8 Å². The highest BCUT2D eigenvalue weighted by Crippen LogP contribution is 2.20. The van der Waals surface area contributed by atoms with Gasteiger partial charge in [0.1, 0.15) is 0 Å². The van der Waals surface area contributed by atoms with E-state index < -0.39 is 24.2 Å². The molecule has 0 saturated heterocycles. The molecule has 8 nitrogen and oxygen atoms in total. The van der Waals surface area contributed by atoms with E-state index in [4.69, 9.17) is 20.8 Å². The summed E-state index contributed by atoms with van der Waals surface area (Å²) in [6.45, 7) is -0.522. The number of halogens is 1. The van der Waals surface area contributed by atoms with E-state index in [9.17, 15) is 19.2 Å². The number of ketones is 1. The molecule has 3 aromatic carbocycles. The van der Waals surface area contributed by atoms with Gasteiger partial charge in [0.15, 0.2) is 18.0 Å². The molecule has 0 aliphatic heterocycles. The standard InChI is InChI=1S/C25H19ClN2O6/c26-17-10-11-20-21(14-17)34-25(32)28(20)13-12-23(30)33-15-22(29)27-19-9-5-4-8-18(19)24(31)16-6-2-1-3-7-16/h1-11,14H,12-13,15H2,(H,27,29). The maximum Gasteiger partial charge on any atom is 0.419 e. The van der Waals surface area contributed by atoms with Crippen molar-refractivity contribution < 1.29 is 23.5 Å². The maximum atomic E-state index is 12.8. The number of esters is 1. The molecule has 0 atom stereocenters. The maximum absolute atomic E-state index is 12.8. The Labute approximate surface area is 198 Å². The van der Waals surface area contributed by atoms with Gasteiger partial charge in [0, 0.05) is 28.8 Å². The van der Waals surface area contributed by atoms with Gasteiger partial charge in [-0.1, -0.05) is 54.1 Å². The van der Waals surface area contributed by atoms with E-state index >= 15 is 0 Å². The van der Waals surface area contributed by atoms with Crippen LogP contribution in [0.15, 0.2) is 82.0 Å². The molecule has 0 unspecified atom stereocenters. The first-order chi connectivity index (χ1) is 16.4. The van der Waals surface area contributed by atoms with E-state index in [0.717, 1.165) is 0 Å². The van der Waals surface area contributed by atoms with Gasteiger partial charge in [0.2, 0.25) is 0 Å². The first kappa shape index (κ1) is 23.0. The van der Waals surface area contributed by atoms with Crippen LogP contribution in [0.25, 0.3) is 11.1 Å². The number of aromatic nitrogens is 1. The third-order valence-electron chi connectivity index (χ3n) is 5.02. The topological polar surface area (TPSA) is 108 Å². The SMILES string of the molecule is O=C(COC(=O)CCn1c(=O)oc2cc(Cl)ccc21)Nc1ccccc1C(=O)c1ccccc1. The molecule has 1 heterocycles. The van der Waals surface area contributed by atoms with Gasteiger partial charge in [-0.2, -0.15) is 0 Å². The molecule has 4 aromatic rings. The Hall–Kier alpha value is -4.17. The van der Waals surface area contributed by atoms with Crippen LogP contribution < -0.4 is 11.1 Å². The lowest BCUT2D eigenvalue weighted by Crippen LogP contribution is -2.23. The minimum Gasteiger partial charge on any atom is -0.456 e. The number of hydrogen-bond acceptors (Lipinski definition) is 6. The summed E-state index contributed by atoms with van der Waals surface area (Å²) >= 11 is 5.89. The van der Waals surface area contributed by atoms with Crippen molar-refractivity contribution in [1.82, 2.24) is 4.57 Å². The summed E-state index contributed by atoms with van der Waals surface area (Å²) in [5.41, 5.74) is 1.93. The Morgan fingerprint density at radius 3 is 2.50 bits per heavy atom. The first-order valence-corrected chi connectivity index (χ1v) is 10.7. The Kier molecular flexibility index (Phi) is 6.89. The molecule has 0 aliphatic carbocycles. The fraction of sp³-hybridized carbons (Fsp3) is 0.120. The third kappa shape index (κ3) is 5.24. The number of benzene rings is 3. The lowest BCUT2D eigenvalue weighted by molar-refractivity contribution is -0.147. The van der Waals surface area contributed by atoms with Crippen LogP contribution in [0.1, 0.15) is 22.3 Å². The van der Waals surface area contributed by atoms with E-state index in [1.165, 1.54) is 10.6 Å². The van der Waals surface area contributed by atoms with Crippen molar-refractivity contribution in [2.24, 2.45) is 0 Å². The molecular formula is C25H19ClN2O6. The van der Waals surface area contributed by atoms with Gasteiger partial charge in [-0.3, -0.25) is 19.0 Å². The van der Waals surface area contributed by atoms with Gasteiger partial charge >= 0.3 is 11.7 Å². The molecule has 4 rings (SSSR count). The van der Waals surface area contributed by atoms with Crippen LogP contribution in [-0.2, 0) is 20.9 Å². The minimum absolute atomic E-state index is 0.0162. The van der Waals surface area contributed by atoms with Crippen LogP contribution in [0.3, 0.4) is 0 Å². The third-order valence-corrected chi connectivity index (χ3v) is 5.25. The summed E-state index contributed by atoms with van der Waals surface area (Å²) in [5, 5.41) is 3.03. The Morgan fingerprint density at radius 2 is 1.71 bits per heavy atom. The monoisotopic (exact) mass is 478 g/mol. The summed E-state index contributed by atoms with van der Waals surface area (Å²) in [5.74, 6) is -2.13. The molecule has 1 N–H and O–H groups in total. The van der Waals surface area contributed by atoms with Crippen LogP contribution in [0.2, 0.25) is 5.02 Å². The molecule has 0 saturated carbocycles. The highest BCUT2D eigenvalue weighted by molar-refractivity contribution is 6.31. The molecule has 0 spiro atoms. The Morgan fingerprint density at radius 1 is 0.971 bits per heavy atom. The summed E-state index contributed by atoms with van der Waals surface area (Å²) in [6, 6.07) is 20.0. The number of nitrogens with zero attached hydrogens (tertiary/aromatic N) is 1. The van der Waals surface area contributed by atoms with E-state index in [1.54, 1.807) is 66.7 Å². The second kappa shape index (κ2) is 10.2. The molecule has 1 amide bonds. The Bertz CT molecular complexity index is 1420. The van der Waals surface area contributed by atoms with E-state index in [-0.39, 0.29) is 18.7 Å². The number of anilines is 1. The number of carbonyl (C=O) groups excluding carboxylic acids is 3. The van der Waals surface area contributed by atoms with Gasteiger partial charge in [-0.25, -0.2) is 4.79 Å². The number of fused-ring (bicyclic) bond motifs is 1. The molecule has 1 aromatic heterocycles. The number of oxazole rings is 1. The average Bonchev–Trinajstić information content (AvgIpc) is 3.15.